The predicted molar refractivity (Wildman–Crippen MR) is 303 cm³/mol. The van der Waals surface area contributed by atoms with Crippen molar-refractivity contribution in [3.63, 3.8) is 0 Å². The molecule has 0 radical (unpaired) electrons. The Kier molecular flexibility index (Phi) is 14.1. The van der Waals surface area contributed by atoms with E-state index in [0.29, 0.717) is 49.6 Å². The van der Waals surface area contributed by atoms with Crippen LogP contribution in [0.25, 0.3) is 39.2 Å². The van der Waals surface area contributed by atoms with E-state index in [1.165, 1.54) is 66.0 Å². The fourth-order valence-corrected chi connectivity index (χ4v) is 15.8. The smallest absolute Gasteiger partial charge is 0.410 e. The molecule has 6 heterocycles. The third-order valence-corrected chi connectivity index (χ3v) is 20.0. The van der Waals surface area contributed by atoms with E-state index >= 15 is 0 Å². The predicted octanol–water partition coefficient (Wildman–Crippen LogP) is 12.4. The Morgan fingerprint density at radius 3 is 1.65 bits per heavy atom. The van der Waals surface area contributed by atoms with Gasteiger partial charge in [0, 0.05) is 25.2 Å². The van der Waals surface area contributed by atoms with Gasteiger partial charge in [-0.25, -0.2) is 19.6 Å². The molecule has 5 aromatic rings. The van der Waals surface area contributed by atoms with Crippen molar-refractivity contribution >= 4 is 29.6 Å². The second kappa shape index (κ2) is 21.6. The highest BCUT2D eigenvalue weighted by Gasteiger charge is 2.51. The molecule has 0 spiro atoms. The number of amides is 4. The van der Waals surface area contributed by atoms with Gasteiger partial charge in [0.2, 0.25) is 11.8 Å². The number of nitrogens with one attached hydrogen (secondary N) is 2. The molecule has 10 atom stereocenters. The number of H-pyrrole nitrogens is 2. The number of methoxy groups -OCH3 is 2. The number of likely N-dealkylation sites (tertiary alicyclic amines) is 4. The van der Waals surface area contributed by atoms with Crippen LogP contribution in [-0.4, -0.2) is 115 Å². The summed E-state index contributed by atoms with van der Waals surface area (Å²) in [6.07, 6.45) is 25.3. The number of allylic oxidation sites excluding steroid dienone is 4. The molecule has 7 aliphatic carbocycles. The SMILES string of the molecule is COC(=O)N1CCCC1C(=O)N1C(c2ncc(-c3ccc(C4=C5C=CC(C4)C(C)Cc4ccc(cc4-c4ccc(-c6cnc(C7CC8CCCCC8N7C(=O)C7CCCN7C(=O)OC)[nH]6)cc4)CC5)cc3)[nH]2)CC2CCCCC21. The number of aryl methyl sites for hydroxylation is 1. The van der Waals surface area contributed by atoms with Gasteiger partial charge in [0.25, 0.3) is 0 Å². The fourth-order valence-electron chi connectivity index (χ4n) is 15.8. The first kappa shape index (κ1) is 51.5. The van der Waals surface area contributed by atoms with Crippen molar-refractivity contribution in [2.45, 2.75) is 159 Å². The Bertz CT molecular complexity index is 3180. The number of carbonyl (C=O) groups is 4. The first-order valence-electron chi connectivity index (χ1n) is 29.8. The van der Waals surface area contributed by atoms with Gasteiger partial charge in [0.1, 0.15) is 23.7 Å². The van der Waals surface area contributed by atoms with Crippen LogP contribution in [-0.2, 0) is 31.9 Å². The molecule has 4 saturated heterocycles. The van der Waals surface area contributed by atoms with Crippen molar-refractivity contribution in [3.8, 4) is 33.6 Å². The molecular weight excluding hydrogens is 989 g/mol. The molecule has 10 unspecified atom stereocenters. The molecule has 2 aromatic heterocycles. The van der Waals surface area contributed by atoms with E-state index in [1.807, 2.05) is 12.4 Å². The molecule has 412 valence electrons. The van der Waals surface area contributed by atoms with Gasteiger partial charge < -0.3 is 29.2 Å². The zero-order valence-electron chi connectivity index (χ0n) is 46.2. The second-order valence-electron chi connectivity index (χ2n) is 24.3. The topological polar surface area (TPSA) is 157 Å². The standard InChI is InChI=1S/C65H76N8O6/c1-39-32-47-19-17-40(33-50(47)42-20-25-44(26-21-42)52-37-66-60(68-52)58-35-48-10-4-6-12-54(48)72(58)62(74)56-14-8-30-70(56)64(76)78-2)16-18-41-24-29-46(39)34-51(41)43-22-27-45(28-23-43)53-38-67-61(69-53)59-36-49-11-5-7-13-55(49)73(59)63(75)57-15-9-31-71(57)65(77)79-3/h17,19-29,33,37-39,46,48-49,54-59H,4-16,18,30-32,34-36H2,1-3H3,(H,66,68)(H,67,69). The maximum atomic E-state index is 14.5. The Labute approximate surface area is 464 Å². The van der Waals surface area contributed by atoms with E-state index in [0.717, 1.165) is 124 Å². The number of fused-ring (bicyclic) bond motifs is 2. The lowest BCUT2D eigenvalue weighted by Crippen LogP contribution is -2.51. The number of aromatic amines is 2. The van der Waals surface area contributed by atoms with E-state index < -0.39 is 24.3 Å². The molecule has 14 heteroatoms. The van der Waals surface area contributed by atoms with Crippen LogP contribution in [0.3, 0.4) is 0 Å². The third-order valence-electron chi connectivity index (χ3n) is 20.0. The summed E-state index contributed by atoms with van der Waals surface area (Å²) in [6.45, 7) is 3.50. The van der Waals surface area contributed by atoms with E-state index in [4.69, 9.17) is 19.4 Å². The van der Waals surface area contributed by atoms with Crippen molar-refractivity contribution in [1.82, 2.24) is 39.5 Å². The lowest BCUT2D eigenvalue weighted by molar-refractivity contribution is -0.140. The van der Waals surface area contributed by atoms with Crippen LogP contribution < -0.4 is 0 Å². The summed E-state index contributed by atoms with van der Waals surface area (Å²) in [6, 6.07) is 24.1. The molecule has 3 aromatic carbocycles. The Morgan fingerprint density at radius 2 is 1.10 bits per heavy atom. The number of ether oxygens (including phenoxy) is 2. The molecule has 2 saturated carbocycles. The van der Waals surface area contributed by atoms with Gasteiger partial charge in [-0.05, 0) is 164 Å². The van der Waals surface area contributed by atoms with Crippen LogP contribution in [0.15, 0.2) is 96.8 Å². The zero-order chi connectivity index (χ0) is 53.9. The number of imidazole rings is 2. The third kappa shape index (κ3) is 9.58. The summed E-state index contributed by atoms with van der Waals surface area (Å²) in [5.74, 6) is 3.40. The lowest BCUT2D eigenvalue weighted by atomic mass is 9.75. The van der Waals surface area contributed by atoms with Crippen molar-refractivity contribution in [1.29, 1.82) is 0 Å². The molecule has 2 N–H and O–H groups in total. The minimum atomic E-state index is -0.491. The Hall–Kier alpha value is -6.96. The van der Waals surface area contributed by atoms with Crippen LogP contribution in [0, 0.1) is 23.7 Å². The molecule has 11 aliphatic rings. The normalized spacial score (nSPS) is 28.4. The minimum absolute atomic E-state index is 0.0353. The fraction of sp³-hybridized carbons (Fsp3) is 0.508. The average Bonchev–Trinajstić information content (AvgIpc) is 4.53. The summed E-state index contributed by atoms with van der Waals surface area (Å²) < 4.78 is 10.2. The number of aromatic nitrogens is 4. The van der Waals surface area contributed by atoms with Crippen molar-refractivity contribution in [2.75, 3.05) is 27.3 Å². The highest BCUT2D eigenvalue weighted by atomic mass is 16.5. The van der Waals surface area contributed by atoms with Gasteiger partial charge in [-0.1, -0.05) is 111 Å². The molecule has 16 rings (SSSR count). The number of carbonyl (C=O) groups excluding carboxylic acids is 4. The summed E-state index contributed by atoms with van der Waals surface area (Å²) in [7, 11) is 2.79. The van der Waals surface area contributed by atoms with E-state index in [-0.39, 0.29) is 36.0 Å². The Morgan fingerprint density at radius 1 is 0.582 bits per heavy atom. The second-order valence-corrected chi connectivity index (χ2v) is 24.3. The van der Waals surface area contributed by atoms with E-state index in [2.05, 4.69) is 106 Å². The first-order chi connectivity index (χ1) is 38.6. The molecule has 79 heavy (non-hydrogen) atoms. The van der Waals surface area contributed by atoms with Gasteiger partial charge in [-0.3, -0.25) is 19.4 Å². The number of rotatable bonds is 8. The van der Waals surface area contributed by atoms with Gasteiger partial charge in [-0.15, -0.1) is 0 Å². The quantitative estimate of drug-likeness (QED) is 0.155. The van der Waals surface area contributed by atoms with Gasteiger partial charge >= 0.3 is 12.2 Å². The molecule has 4 aliphatic heterocycles. The summed E-state index contributed by atoms with van der Waals surface area (Å²) in [5.41, 5.74) is 13.3. The van der Waals surface area contributed by atoms with Gasteiger partial charge in [0.15, 0.2) is 0 Å². The van der Waals surface area contributed by atoms with E-state index in [9.17, 15) is 19.2 Å². The largest absolute Gasteiger partial charge is 0.453 e. The first-order valence-corrected chi connectivity index (χ1v) is 29.8. The zero-order valence-corrected chi connectivity index (χ0v) is 46.2. The van der Waals surface area contributed by atoms with Crippen LogP contribution in [0.1, 0.15) is 150 Å². The minimum Gasteiger partial charge on any atom is -0.453 e. The molecular formula is C65H76N8O6. The number of nitrogens with zero attached hydrogens (tertiary/aromatic N) is 6. The van der Waals surface area contributed by atoms with Crippen molar-refractivity contribution in [3.05, 3.63) is 125 Å². The summed E-state index contributed by atoms with van der Waals surface area (Å²) in [5, 5.41) is 0. The van der Waals surface area contributed by atoms with Crippen LogP contribution in [0.2, 0.25) is 0 Å². The summed E-state index contributed by atoms with van der Waals surface area (Å²) >= 11 is 0. The van der Waals surface area contributed by atoms with E-state index in [1.54, 1.807) is 9.80 Å². The Balaban J connectivity index is 0.708. The lowest BCUT2D eigenvalue weighted by Gasteiger charge is -2.36. The van der Waals surface area contributed by atoms with Crippen LogP contribution in [0.4, 0.5) is 9.59 Å². The van der Waals surface area contributed by atoms with Gasteiger partial charge in [-0.2, -0.15) is 0 Å². The maximum Gasteiger partial charge on any atom is 0.410 e. The molecule has 6 fully saturated rings. The molecule has 4 bridgehead atoms. The molecule has 4 amide bonds. The average molecular weight is 1070 g/mol. The highest BCUT2D eigenvalue weighted by Crippen LogP contribution is 2.49. The number of hydrogen-bond acceptors (Lipinski definition) is 8. The maximum absolute atomic E-state index is 14.5. The monoisotopic (exact) mass is 1060 g/mol. The number of benzene rings is 3. The van der Waals surface area contributed by atoms with Crippen LogP contribution >= 0.6 is 0 Å². The van der Waals surface area contributed by atoms with Crippen molar-refractivity contribution < 1.29 is 28.7 Å². The number of hydrogen-bond donors (Lipinski definition) is 2. The summed E-state index contributed by atoms with van der Waals surface area (Å²) in [4.78, 5) is 79.1. The van der Waals surface area contributed by atoms with Crippen molar-refractivity contribution in [2.24, 2.45) is 23.7 Å². The highest BCUT2D eigenvalue weighted by molar-refractivity contribution is 5.88. The molecule has 14 nitrogen and oxygen atoms in total. The van der Waals surface area contributed by atoms with Gasteiger partial charge in [0.05, 0.1) is 50.1 Å². The van der Waals surface area contributed by atoms with Crippen LogP contribution in [0.5, 0.6) is 0 Å².